The molecule has 1 N–H and O–H groups in total. The van der Waals surface area contributed by atoms with Crippen molar-refractivity contribution in [3.63, 3.8) is 0 Å². The van der Waals surface area contributed by atoms with E-state index in [1.165, 1.54) is 17.7 Å². The van der Waals surface area contributed by atoms with E-state index in [0.29, 0.717) is 11.6 Å². The van der Waals surface area contributed by atoms with Crippen LogP contribution in [0.25, 0.3) is 0 Å². The van der Waals surface area contributed by atoms with Gasteiger partial charge in [-0.15, -0.1) is 0 Å². The number of rotatable bonds is 7. The molecule has 0 heterocycles. The summed E-state index contributed by atoms with van der Waals surface area (Å²) in [4.78, 5) is 0. The first-order chi connectivity index (χ1) is 12.6. The summed E-state index contributed by atoms with van der Waals surface area (Å²) in [5.41, 5.74) is 3.15. The second-order valence-electron chi connectivity index (χ2n) is 6.19. The van der Waals surface area contributed by atoms with Crippen LogP contribution < -0.4 is 10.1 Å². The van der Waals surface area contributed by atoms with Gasteiger partial charge in [-0.1, -0.05) is 60.1 Å². The Morgan fingerprint density at radius 2 is 1.81 bits per heavy atom. The Hall–Kier alpha value is -2.36. The largest absolute Gasteiger partial charge is 0.489 e. The van der Waals surface area contributed by atoms with Crippen LogP contribution in [0.5, 0.6) is 5.75 Å². The van der Waals surface area contributed by atoms with Gasteiger partial charge in [0, 0.05) is 18.2 Å². The Balaban J connectivity index is 1.57. The van der Waals surface area contributed by atoms with Gasteiger partial charge in [-0.25, -0.2) is 4.39 Å². The van der Waals surface area contributed by atoms with Crippen molar-refractivity contribution >= 4 is 11.6 Å². The second kappa shape index (κ2) is 8.84. The molecule has 2 nitrogen and oxygen atoms in total. The van der Waals surface area contributed by atoms with Crippen molar-refractivity contribution in [2.24, 2.45) is 0 Å². The molecule has 0 bridgehead atoms. The number of benzene rings is 3. The zero-order valence-corrected chi connectivity index (χ0v) is 15.3. The lowest BCUT2D eigenvalue weighted by Gasteiger charge is -2.15. The van der Waals surface area contributed by atoms with Crippen molar-refractivity contribution in [1.29, 1.82) is 0 Å². The molecular weight excluding hydrogens is 349 g/mol. The minimum atomic E-state index is -0.348. The van der Waals surface area contributed by atoms with E-state index in [9.17, 15) is 4.39 Å². The van der Waals surface area contributed by atoms with Crippen LogP contribution in [0.3, 0.4) is 0 Å². The Morgan fingerprint density at radius 1 is 1.00 bits per heavy atom. The highest BCUT2D eigenvalue weighted by Gasteiger charge is 2.06. The summed E-state index contributed by atoms with van der Waals surface area (Å²) in [6, 6.07) is 22.9. The molecule has 26 heavy (non-hydrogen) atoms. The van der Waals surface area contributed by atoms with Crippen LogP contribution in [0.1, 0.15) is 29.7 Å². The molecule has 3 aromatic rings. The number of hydrogen-bond acceptors (Lipinski definition) is 2. The minimum absolute atomic E-state index is 0.263. The molecule has 134 valence electrons. The van der Waals surface area contributed by atoms with Crippen LogP contribution in [-0.2, 0) is 13.2 Å². The van der Waals surface area contributed by atoms with E-state index in [1.54, 1.807) is 6.07 Å². The fourth-order valence-corrected chi connectivity index (χ4v) is 2.90. The Bertz CT molecular complexity index is 854. The lowest BCUT2D eigenvalue weighted by Crippen LogP contribution is -2.17. The zero-order valence-electron chi connectivity index (χ0n) is 14.6. The van der Waals surface area contributed by atoms with Gasteiger partial charge in [-0.2, -0.15) is 0 Å². The van der Waals surface area contributed by atoms with Crippen LogP contribution in [0.15, 0.2) is 72.8 Å². The van der Waals surface area contributed by atoms with E-state index in [1.807, 2.05) is 36.4 Å². The first-order valence-corrected chi connectivity index (χ1v) is 8.93. The van der Waals surface area contributed by atoms with Gasteiger partial charge in [0.15, 0.2) is 0 Å². The molecular formula is C22H21ClFNO. The molecule has 3 aromatic carbocycles. The average Bonchev–Trinajstić information content (AvgIpc) is 2.66. The van der Waals surface area contributed by atoms with Gasteiger partial charge in [0.2, 0.25) is 0 Å². The molecule has 0 radical (unpaired) electrons. The summed E-state index contributed by atoms with van der Waals surface area (Å²) in [6.07, 6.45) is 0. The fourth-order valence-electron chi connectivity index (χ4n) is 2.68. The van der Waals surface area contributed by atoms with Crippen molar-refractivity contribution in [3.8, 4) is 5.75 Å². The molecule has 0 spiro atoms. The van der Waals surface area contributed by atoms with Crippen LogP contribution in [0, 0.1) is 5.82 Å². The van der Waals surface area contributed by atoms with Gasteiger partial charge in [0.05, 0.1) is 5.02 Å². The third kappa shape index (κ3) is 5.07. The molecule has 4 heteroatoms. The highest BCUT2D eigenvalue weighted by atomic mass is 35.5. The van der Waals surface area contributed by atoms with Crippen molar-refractivity contribution in [2.75, 3.05) is 0 Å². The van der Waals surface area contributed by atoms with Crippen molar-refractivity contribution in [2.45, 2.75) is 26.1 Å². The maximum atomic E-state index is 13.1. The van der Waals surface area contributed by atoms with Crippen LogP contribution in [-0.4, -0.2) is 0 Å². The number of ether oxygens (including phenoxy) is 1. The normalized spacial score (nSPS) is 12.0. The first kappa shape index (κ1) is 18.4. The van der Waals surface area contributed by atoms with Crippen molar-refractivity contribution in [3.05, 3.63) is 100 Å². The number of hydrogen-bond donors (Lipinski definition) is 1. The molecule has 0 amide bonds. The lowest BCUT2D eigenvalue weighted by atomic mass is 10.1. The molecule has 0 aliphatic rings. The summed E-state index contributed by atoms with van der Waals surface area (Å²) in [5, 5.41) is 3.89. The van der Waals surface area contributed by atoms with Gasteiger partial charge in [-0.05, 0) is 42.3 Å². The molecule has 0 saturated heterocycles. The highest BCUT2D eigenvalue weighted by molar-refractivity contribution is 6.31. The number of nitrogens with one attached hydrogen (secondary N) is 1. The monoisotopic (exact) mass is 369 g/mol. The van der Waals surface area contributed by atoms with Gasteiger partial charge in [0.25, 0.3) is 0 Å². The average molecular weight is 370 g/mol. The van der Waals surface area contributed by atoms with E-state index in [2.05, 4.69) is 30.4 Å². The van der Waals surface area contributed by atoms with E-state index in [4.69, 9.17) is 16.3 Å². The molecule has 1 atom stereocenters. The van der Waals surface area contributed by atoms with E-state index < -0.39 is 0 Å². The van der Waals surface area contributed by atoms with Crippen LogP contribution in [0.2, 0.25) is 5.02 Å². The van der Waals surface area contributed by atoms with Gasteiger partial charge >= 0.3 is 0 Å². The Labute approximate surface area is 158 Å². The van der Waals surface area contributed by atoms with Crippen molar-refractivity contribution in [1.82, 2.24) is 5.32 Å². The zero-order chi connectivity index (χ0) is 18.4. The molecule has 0 fully saturated rings. The van der Waals surface area contributed by atoms with Crippen LogP contribution in [0.4, 0.5) is 4.39 Å². The maximum absolute atomic E-state index is 13.1. The van der Waals surface area contributed by atoms with E-state index in [0.717, 1.165) is 23.4 Å². The summed E-state index contributed by atoms with van der Waals surface area (Å²) in [5.74, 6) is 0.413. The highest BCUT2D eigenvalue weighted by Crippen LogP contribution is 2.21. The molecule has 3 rings (SSSR count). The first-order valence-electron chi connectivity index (χ1n) is 8.56. The number of halogens is 2. The van der Waals surface area contributed by atoms with Crippen molar-refractivity contribution < 1.29 is 9.13 Å². The fraction of sp³-hybridized carbons (Fsp3) is 0.182. The molecule has 0 aromatic heterocycles. The van der Waals surface area contributed by atoms with Gasteiger partial charge in [-0.3, -0.25) is 0 Å². The Kier molecular flexibility index (Phi) is 6.26. The smallest absolute Gasteiger partial charge is 0.124 e. The maximum Gasteiger partial charge on any atom is 0.124 e. The molecule has 0 saturated carbocycles. The SMILES string of the molecule is C[C@@H](NCc1cccc(OCc2ccc(F)cc2Cl)c1)c1ccccc1. The van der Waals surface area contributed by atoms with Gasteiger partial charge < -0.3 is 10.1 Å². The summed E-state index contributed by atoms with van der Waals surface area (Å²) in [7, 11) is 0. The topological polar surface area (TPSA) is 21.3 Å². The Morgan fingerprint density at radius 3 is 2.58 bits per heavy atom. The van der Waals surface area contributed by atoms with E-state index in [-0.39, 0.29) is 11.9 Å². The molecule has 0 unspecified atom stereocenters. The summed E-state index contributed by atoms with van der Waals surface area (Å²) < 4.78 is 18.9. The van der Waals surface area contributed by atoms with Crippen LogP contribution >= 0.6 is 11.6 Å². The quantitative estimate of drug-likeness (QED) is 0.559. The summed E-state index contributed by atoms with van der Waals surface area (Å²) >= 11 is 6.04. The van der Waals surface area contributed by atoms with Gasteiger partial charge in [0.1, 0.15) is 18.2 Å². The lowest BCUT2D eigenvalue weighted by molar-refractivity contribution is 0.305. The summed E-state index contributed by atoms with van der Waals surface area (Å²) in [6.45, 7) is 3.19. The third-order valence-electron chi connectivity index (χ3n) is 4.22. The second-order valence-corrected chi connectivity index (χ2v) is 6.59. The molecule has 0 aliphatic heterocycles. The predicted octanol–water partition coefficient (Wildman–Crippen LogP) is 5.91. The standard InChI is InChI=1S/C22H21ClFNO/c1-16(18-7-3-2-4-8-18)25-14-17-6-5-9-21(12-17)26-15-19-10-11-20(24)13-22(19)23/h2-13,16,25H,14-15H2,1H3/t16-/m1/s1. The molecule has 0 aliphatic carbocycles. The van der Waals surface area contributed by atoms with E-state index >= 15 is 0 Å². The predicted molar refractivity (Wildman–Crippen MR) is 104 cm³/mol. The minimum Gasteiger partial charge on any atom is -0.489 e. The third-order valence-corrected chi connectivity index (χ3v) is 4.57.